The molecule has 2 N–H and O–H groups in total. The minimum Gasteiger partial charge on any atom is -0.478 e. The van der Waals surface area contributed by atoms with Gasteiger partial charge in [-0.1, -0.05) is 13.0 Å². The molecule has 1 aliphatic rings. The second-order valence-electron chi connectivity index (χ2n) is 7.12. The van der Waals surface area contributed by atoms with Crippen LogP contribution in [0.2, 0.25) is 0 Å². The molecule has 158 valence electrons. The largest absolute Gasteiger partial charge is 0.478 e. The van der Waals surface area contributed by atoms with E-state index in [0.717, 1.165) is 6.07 Å². The van der Waals surface area contributed by atoms with Crippen LogP contribution in [0.15, 0.2) is 41.3 Å². The van der Waals surface area contributed by atoms with E-state index < -0.39 is 22.2 Å². The molecule has 30 heavy (non-hydrogen) atoms. The van der Waals surface area contributed by atoms with E-state index in [-0.39, 0.29) is 28.3 Å². The zero-order valence-electron chi connectivity index (χ0n) is 16.4. The average Bonchev–Trinajstić information content (AvgIpc) is 2.72. The van der Waals surface area contributed by atoms with Gasteiger partial charge in [-0.05, 0) is 55.2 Å². The Hall–Kier alpha value is -3.12. The highest BCUT2D eigenvalue weighted by Crippen LogP contribution is 2.32. The first-order valence-electron chi connectivity index (χ1n) is 9.57. The lowest BCUT2D eigenvalue weighted by Gasteiger charge is -2.32. The maximum atomic E-state index is 13.9. The third-order valence-corrected chi connectivity index (χ3v) is 6.51. The van der Waals surface area contributed by atoms with E-state index in [9.17, 15) is 28.0 Å². The van der Waals surface area contributed by atoms with Crippen LogP contribution in [0, 0.1) is 11.3 Å². The fourth-order valence-electron chi connectivity index (χ4n) is 3.54. The number of nitriles is 1. The van der Waals surface area contributed by atoms with E-state index in [1.165, 1.54) is 18.2 Å². The molecule has 0 aliphatic carbocycles. The standard InChI is InChI=1S/C21H22FN3O4S/c1-2-15-6-7-16(21(26)27)11-20(15)30(28,29)24-18-10-14(12-23)5-8-19(18)25-9-3-4-17(22)13-25/h5-8,10-11,17,24H,2-4,9,13H2,1H3,(H,26,27). The van der Waals surface area contributed by atoms with Crippen LogP contribution in [0.1, 0.15) is 41.3 Å². The number of anilines is 2. The smallest absolute Gasteiger partial charge is 0.335 e. The molecule has 0 bridgehead atoms. The number of aromatic carboxylic acids is 1. The molecule has 1 heterocycles. The van der Waals surface area contributed by atoms with Crippen LogP contribution in [-0.4, -0.2) is 38.8 Å². The minimum atomic E-state index is -4.15. The SMILES string of the molecule is CCc1ccc(C(=O)O)cc1S(=O)(=O)Nc1cc(C#N)ccc1N1CCCC(F)C1. The molecule has 1 saturated heterocycles. The molecule has 1 fully saturated rings. The van der Waals surface area contributed by atoms with Crippen molar-refractivity contribution < 1.29 is 22.7 Å². The molecule has 2 aromatic carbocycles. The molecule has 1 unspecified atom stereocenters. The second-order valence-corrected chi connectivity index (χ2v) is 8.77. The Kier molecular flexibility index (Phi) is 6.27. The monoisotopic (exact) mass is 431 g/mol. The zero-order chi connectivity index (χ0) is 21.9. The maximum absolute atomic E-state index is 13.9. The van der Waals surface area contributed by atoms with Gasteiger partial charge in [-0.25, -0.2) is 17.6 Å². The Morgan fingerprint density at radius 2 is 2.10 bits per heavy atom. The highest BCUT2D eigenvalue weighted by atomic mass is 32.2. The van der Waals surface area contributed by atoms with Crippen molar-refractivity contribution >= 4 is 27.4 Å². The molecule has 0 aromatic heterocycles. The first-order valence-corrected chi connectivity index (χ1v) is 11.1. The number of benzene rings is 2. The van der Waals surface area contributed by atoms with Gasteiger partial charge in [0, 0.05) is 13.1 Å². The number of nitrogens with zero attached hydrogens (tertiary/aromatic N) is 2. The fraction of sp³-hybridized carbons (Fsp3) is 0.333. The third kappa shape index (κ3) is 4.54. The number of sulfonamides is 1. The number of hydrogen-bond donors (Lipinski definition) is 2. The van der Waals surface area contributed by atoms with Crippen LogP contribution in [-0.2, 0) is 16.4 Å². The van der Waals surface area contributed by atoms with Gasteiger partial charge >= 0.3 is 5.97 Å². The van der Waals surface area contributed by atoms with Crippen molar-refractivity contribution in [1.29, 1.82) is 5.26 Å². The number of carboxylic acid groups (broad SMARTS) is 1. The molecule has 2 aromatic rings. The molecule has 1 aliphatic heterocycles. The highest BCUT2D eigenvalue weighted by Gasteiger charge is 2.25. The number of carbonyl (C=O) groups is 1. The lowest BCUT2D eigenvalue weighted by Crippen LogP contribution is -2.37. The van der Waals surface area contributed by atoms with E-state index in [0.29, 0.717) is 37.1 Å². The lowest BCUT2D eigenvalue weighted by atomic mass is 10.1. The van der Waals surface area contributed by atoms with Crippen LogP contribution < -0.4 is 9.62 Å². The van der Waals surface area contributed by atoms with Gasteiger partial charge < -0.3 is 10.0 Å². The van der Waals surface area contributed by atoms with Crippen molar-refractivity contribution in [3.05, 3.63) is 53.1 Å². The summed E-state index contributed by atoms with van der Waals surface area (Å²) < 4.78 is 42.8. The number of nitrogens with one attached hydrogen (secondary N) is 1. The Bertz CT molecular complexity index is 1110. The average molecular weight is 431 g/mol. The van der Waals surface area contributed by atoms with Crippen molar-refractivity contribution in [3.8, 4) is 6.07 Å². The van der Waals surface area contributed by atoms with Gasteiger partial charge in [-0.15, -0.1) is 0 Å². The summed E-state index contributed by atoms with van der Waals surface area (Å²) in [5.41, 5.74) is 1.21. The molecule has 0 spiro atoms. The van der Waals surface area contributed by atoms with Gasteiger partial charge in [0.15, 0.2) is 0 Å². The topological polar surface area (TPSA) is 110 Å². The minimum absolute atomic E-state index is 0.134. The molecular formula is C21H22FN3O4S. The number of alkyl halides is 1. The molecule has 7 nitrogen and oxygen atoms in total. The van der Waals surface area contributed by atoms with Crippen molar-refractivity contribution in [2.75, 3.05) is 22.7 Å². The van der Waals surface area contributed by atoms with Crippen LogP contribution >= 0.6 is 0 Å². The Morgan fingerprint density at radius 3 is 2.73 bits per heavy atom. The first-order chi connectivity index (χ1) is 14.2. The van der Waals surface area contributed by atoms with E-state index >= 15 is 0 Å². The predicted octanol–water partition coefficient (Wildman–Crippen LogP) is 3.56. The van der Waals surface area contributed by atoms with E-state index in [1.54, 1.807) is 24.0 Å². The number of aryl methyl sites for hydroxylation is 1. The zero-order valence-corrected chi connectivity index (χ0v) is 17.2. The van der Waals surface area contributed by atoms with Crippen molar-refractivity contribution in [2.45, 2.75) is 37.3 Å². The number of piperidine rings is 1. The molecule has 3 rings (SSSR count). The highest BCUT2D eigenvalue weighted by molar-refractivity contribution is 7.92. The van der Waals surface area contributed by atoms with Crippen molar-refractivity contribution in [2.24, 2.45) is 0 Å². The molecule has 1 atom stereocenters. The van der Waals surface area contributed by atoms with Crippen LogP contribution in [0.3, 0.4) is 0 Å². The summed E-state index contributed by atoms with van der Waals surface area (Å²) in [6.45, 7) is 2.47. The van der Waals surface area contributed by atoms with Gasteiger partial charge in [-0.3, -0.25) is 4.72 Å². The normalized spacial score (nSPS) is 16.7. The summed E-state index contributed by atoms with van der Waals surface area (Å²) in [7, 11) is -4.15. The number of hydrogen-bond acceptors (Lipinski definition) is 5. The Morgan fingerprint density at radius 1 is 1.33 bits per heavy atom. The van der Waals surface area contributed by atoms with Gasteiger partial charge in [0.05, 0.1) is 33.5 Å². The quantitative estimate of drug-likeness (QED) is 0.724. The Balaban J connectivity index is 2.05. The summed E-state index contributed by atoms with van der Waals surface area (Å²) in [4.78, 5) is 12.9. The fourth-order valence-corrected chi connectivity index (χ4v) is 4.94. The van der Waals surface area contributed by atoms with E-state index in [2.05, 4.69) is 4.72 Å². The molecule has 0 saturated carbocycles. The summed E-state index contributed by atoms with van der Waals surface area (Å²) in [5.74, 6) is -1.23. The molecular weight excluding hydrogens is 409 g/mol. The van der Waals surface area contributed by atoms with Gasteiger partial charge in [0.2, 0.25) is 0 Å². The van der Waals surface area contributed by atoms with Crippen LogP contribution in [0.25, 0.3) is 0 Å². The maximum Gasteiger partial charge on any atom is 0.335 e. The van der Waals surface area contributed by atoms with E-state index in [1.807, 2.05) is 6.07 Å². The first kappa shape index (κ1) is 21.6. The van der Waals surface area contributed by atoms with Gasteiger partial charge in [0.25, 0.3) is 10.0 Å². The Labute approximate surface area is 174 Å². The van der Waals surface area contributed by atoms with Crippen LogP contribution in [0.4, 0.5) is 15.8 Å². The van der Waals surface area contributed by atoms with Crippen LogP contribution in [0.5, 0.6) is 0 Å². The predicted molar refractivity (Wildman–Crippen MR) is 111 cm³/mol. The van der Waals surface area contributed by atoms with E-state index in [4.69, 9.17) is 0 Å². The van der Waals surface area contributed by atoms with Crippen molar-refractivity contribution in [3.63, 3.8) is 0 Å². The number of halogens is 1. The third-order valence-electron chi connectivity index (χ3n) is 5.06. The number of rotatable bonds is 6. The summed E-state index contributed by atoms with van der Waals surface area (Å²) in [6.07, 6.45) is 0.457. The summed E-state index contributed by atoms with van der Waals surface area (Å²) in [5, 5.41) is 18.5. The molecule has 9 heteroatoms. The second kappa shape index (κ2) is 8.71. The molecule has 0 radical (unpaired) electrons. The lowest BCUT2D eigenvalue weighted by molar-refractivity contribution is 0.0696. The van der Waals surface area contributed by atoms with Gasteiger partial charge in [-0.2, -0.15) is 5.26 Å². The number of carboxylic acids is 1. The summed E-state index contributed by atoms with van der Waals surface area (Å²) >= 11 is 0. The molecule has 0 amide bonds. The van der Waals surface area contributed by atoms with Gasteiger partial charge in [0.1, 0.15) is 6.17 Å². The van der Waals surface area contributed by atoms with Crippen molar-refractivity contribution in [1.82, 2.24) is 0 Å². The summed E-state index contributed by atoms with van der Waals surface area (Å²) in [6, 6.07) is 10.5.